The maximum absolute atomic E-state index is 11.9. The van der Waals surface area contributed by atoms with E-state index in [4.69, 9.17) is 5.73 Å². The van der Waals surface area contributed by atoms with E-state index in [0.29, 0.717) is 11.3 Å². The molecule has 4 N–H and O–H groups in total. The Morgan fingerprint density at radius 1 is 1.33 bits per heavy atom. The van der Waals surface area contributed by atoms with Gasteiger partial charge in [0, 0.05) is 18.3 Å². The number of carbonyl (C=O) groups excluding carboxylic acids is 3. The van der Waals surface area contributed by atoms with Crippen LogP contribution in [0, 0.1) is 6.92 Å². The molecule has 0 aliphatic carbocycles. The molecule has 1 rings (SSSR count). The Kier molecular flexibility index (Phi) is 5.86. The maximum atomic E-state index is 11.9. The van der Waals surface area contributed by atoms with E-state index in [0.717, 1.165) is 5.56 Å². The molecular formula is C14H19N3O4. The van der Waals surface area contributed by atoms with Gasteiger partial charge in [-0.3, -0.25) is 9.59 Å². The van der Waals surface area contributed by atoms with Crippen molar-refractivity contribution in [1.82, 2.24) is 5.32 Å². The van der Waals surface area contributed by atoms with Crippen molar-refractivity contribution >= 4 is 23.5 Å². The van der Waals surface area contributed by atoms with E-state index in [9.17, 15) is 14.4 Å². The summed E-state index contributed by atoms with van der Waals surface area (Å²) in [7, 11) is 1.51. The topological polar surface area (TPSA) is 111 Å². The van der Waals surface area contributed by atoms with Gasteiger partial charge in [0.05, 0.1) is 6.61 Å². The summed E-state index contributed by atoms with van der Waals surface area (Å²) in [6.07, 6.45) is 0. The molecule has 7 heteroatoms. The van der Waals surface area contributed by atoms with Crippen LogP contribution in [0.3, 0.4) is 0 Å². The van der Waals surface area contributed by atoms with Crippen molar-refractivity contribution in [3.63, 3.8) is 0 Å². The van der Waals surface area contributed by atoms with E-state index in [-0.39, 0.29) is 12.5 Å². The minimum atomic E-state index is -1.41. The average molecular weight is 293 g/mol. The number of nitrogens with two attached hydrogens (primary N) is 1. The molecule has 7 nitrogen and oxygen atoms in total. The SMILES string of the molecule is CCOC(=O)C(N)C(=O)Nc1cc(C(=O)NC)ccc1C. The smallest absolute Gasteiger partial charge is 0.332 e. The van der Waals surface area contributed by atoms with Crippen LogP contribution in [-0.2, 0) is 14.3 Å². The second-order valence-electron chi connectivity index (χ2n) is 4.33. The van der Waals surface area contributed by atoms with Crippen LogP contribution in [0.2, 0.25) is 0 Å². The molecule has 1 unspecified atom stereocenters. The van der Waals surface area contributed by atoms with Gasteiger partial charge in [0.1, 0.15) is 0 Å². The van der Waals surface area contributed by atoms with Crippen LogP contribution in [0.1, 0.15) is 22.8 Å². The first-order chi connectivity index (χ1) is 9.90. The number of ether oxygens (including phenoxy) is 1. The molecular weight excluding hydrogens is 274 g/mol. The molecule has 0 fully saturated rings. The third-order valence-corrected chi connectivity index (χ3v) is 2.81. The first-order valence-corrected chi connectivity index (χ1v) is 6.46. The lowest BCUT2D eigenvalue weighted by molar-refractivity contribution is -0.146. The highest BCUT2D eigenvalue weighted by atomic mass is 16.5. The normalized spacial score (nSPS) is 11.4. The zero-order valence-electron chi connectivity index (χ0n) is 12.2. The molecule has 0 aliphatic heterocycles. The second-order valence-corrected chi connectivity index (χ2v) is 4.33. The Morgan fingerprint density at radius 3 is 2.57 bits per heavy atom. The van der Waals surface area contributed by atoms with Crippen LogP contribution in [0.5, 0.6) is 0 Å². The molecule has 1 aromatic carbocycles. The van der Waals surface area contributed by atoms with Gasteiger partial charge in [0.15, 0.2) is 6.04 Å². The van der Waals surface area contributed by atoms with Crippen LogP contribution >= 0.6 is 0 Å². The fraction of sp³-hybridized carbons (Fsp3) is 0.357. The van der Waals surface area contributed by atoms with Gasteiger partial charge in [-0.25, -0.2) is 4.79 Å². The largest absolute Gasteiger partial charge is 0.464 e. The molecule has 0 aromatic heterocycles. The van der Waals surface area contributed by atoms with Crippen molar-refractivity contribution in [1.29, 1.82) is 0 Å². The van der Waals surface area contributed by atoms with Crippen molar-refractivity contribution in [3.8, 4) is 0 Å². The summed E-state index contributed by atoms with van der Waals surface area (Å²) in [5.41, 5.74) is 7.05. The number of anilines is 1. The number of esters is 1. The molecule has 0 radical (unpaired) electrons. The van der Waals surface area contributed by atoms with Crippen LogP contribution < -0.4 is 16.4 Å². The number of hydrogen-bond acceptors (Lipinski definition) is 5. The number of rotatable bonds is 5. The summed E-state index contributed by atoms with van der Waals surface area (Å²) in [5, 5.41) is 5.01. The molecule has 0 aliphatic rings. The van der Waals surface area contributed by atoms with E-state index in [1.165, 1.54) is 13.1 Å². The van der Waals surface area contributed by atoms with Gasteiger partial charge in [0.25, 0.3) is 11.8 Å². The fourth-order valence-corrected chi connectivity index (χ4v) is 1.59. The summed E-state index contributed by atoms with van der Waals surface area (Å²) in [6, 6.07) is 3.43. The Balaban J connectivity index is 2.89. The molecule has 2 amide bonds. The summed E-state index contributed by atoms with van der Waals surface area (Å²) in [6.45, 7) is 3.53. The summed E-state index contributed by atoms with van der Waals surface area (Å²) in [4.78, 5) is 34.9. The Hall–Kier alpha value is -2.41. The first-order valence-electron chi connectivity index (χ1n) is 6.46. The lowest BCUT2D eigenvalue weighted by Crippen LogP contribution is -2.43. The highest BCUT2D eigenvalue weighted by Crippen LogP contribution is 2.17. The minimum absolute atomic E-state index is 0.144. The average Bonchev–Trinajstić information content (AvgIpc) is 2.47. The highest BCUT2D eigenvalue weighted by molar-refractivity contribution is 6.08. The van der Waals surface area contributed by atoms with Crippen molar-refractivity contribution in [2.24, 2.45) is 5.73 Å². The molecule has 0 spiro atoms. The fourth-order valence-electron chi connectivity index (χ4n) is 1.59. The molecule has 1 aromatic rings. The quantitative estimate of drug-likeness (QED) is 0.530. The third-order valence-electron chi connectivity index (χ3n) is 2.81. The van der Waals surface area contributed by atoms with E-state index in [1.807, 2.05) is 0 Å². The van der Waals surface area contributed by atoms with Crippen LogP contribution in [-0.4, -0.2) is 37.5 Å². The summed E-state index contributed by atoms with van der Waals surface area (Å²) in [5.74, 6) is -1.76. The van der Waals surface area contributed by atoms with Crippen molar-refractivity contribution in [2.45, 2.75) is 19.9 Å². The number of nitrogens with one attached hydrogen (secondary N) is 2. The zero-order chi connectivity index (χ0) is 16.0. The van der Waals surface area contributed by atoms with Gasteiger partial charge in [-0.05, 0) is 31.5 Å². The van der Waals surface area contributed by atoms with Gasteiger partial charge < -0.3 is 21.1 Å². The summed E-state index contributed by atoms with van der Waals surface area (Å²) >= 11 is 0. The molecule has 1 atom stereocenters. The standard InChI is InChI=1S/C14H19N3O4/c1-4-21-14(20)11(15)13(19)17-10-7-9(12(18)16-3)6-5-8(10)2/h5-7,11H,4,15H2,1-3H3,(H,16,18)(H,17,19). The molecule has 21 heavy (non-hydrogen) atoms. The Bertz CT molecular complexity index is 557. The number of hydrogen-bond donors (Lipinski definition) is 3. The monoisotopic (exact) mass is 293 g/mol. The van der Waals surface area contributed by atoms with Gasteiger partial charge in [0.2, 0.25) is 0 Å². The lowest BCUT2D eigenvalue weighted by atomic mass is 10.1. The number of amides is 2. The van der Waals surface area contributed by atoms with E-state index in [1.54, 1.807) is 26.0 Å². The molecule has 0 saturated heterocycles. The van der Waals surface area contributed by atoms with Gasteiger partial charge in [-0.15, -0.1) is 0 Å². The van der Waals surface area contributed by atoms with Crippen LogP contribution in [0.25, 0.3) is 0 Å². The van der Waals surface area contributed by atoms with Gasteiger partial charge in [-0.1, -0.05) is 6.07 Å². The Labute approximate surface area is 122 Å². The van der Waals surface area contributed by atoms with E-state index < -0.39 is 17.9 Å². The molecule has 0 heterocycles. The second kappa shape index (κ2) is 7.39. The molecule has 114 valence electrons. The zero-order valence-corrected chi connectivity index (χ0v) is 12.2. The van der Waals surface area contributed by atoms with Crippen LogP contribution in [0.4, 0.5) is 5.69 Å². The predicted octanol–water partition coefficient (Wildman–Crippen LogP) is 0.184. The first kappa shape index (κ1) is 16.6. The predicted molar refractivity (Wildman–Crippen MR) is 77.8 cm³/mol. The lowest BCUT2D eigenvalue weighted by Gasteiger charge is -2.13. The number of aryl methyl sites for hydroxylation is 1. The van der Waals surface area contributed by atoms with E-state index >= 15 is 0 Å². The van der Waals surface area contributed by atoms with Crippen molar-refractivity contribution in [3.05, 3.63) is 29.3 Å². The van der Waals surface area contributed by atoms with Gasteiger partial charge >= 0.3 is 5.97 Å². The van der Waals surface area contributed by atoms with Gasteiger partial charge in [-0.2, -0.15) is 0 Å². The molecule has 0 bridgehead atoms. The molecule has 0 saturated carbocycles. The van der Waals surface area contributed by atoms with Crippen LogP contribution in [0.15, 0.2) is 18.2 Å². The minimum Gasteiger partial charge on any atom is -0.464 e. The number of carbonyl (C=O) groups is 3. The summed E-state index contributed by atoms with van der Waals surface area (Å²) < 4.78 is 4.68. The maximum Gasteiger partial charge on any atom is 0.332 e. The van der Waals surface area contributed by atoms with Crippen molar-refractivity contribution in [2.75, 3.05) is 19.0 Å². The third kappa shape index (κ3) is 4.28. The highest BCUT2D eigenvalue weighted by Gasteiger charge is 2.24. The van der Waals surface area contributed by atoms with E-state index in [2.05, 4.69) is 15.4 Å². The number of benzene rings is 1. The Morgan fingerprint density at radius 2 is 2.00 bits per heavy atom. The van der Waals surface area contributed by atoms with Crippen molar-refractivity contribution < 1.29 is 19.1 Å².